The van der Waals surface area contributed by atoms with Crippen molar-refractivity contribution in [1.29, 1.82) is 0 Å². The van der Waals surface area contributed by atoms with Crippen LogP contribution < -0.4 is 10.6 Å². The van der Waals surface area contributed by atoms with Gasteiger partial charge in [0, 0.05) is 23.2 Å². The van der Waals surface area contributed by atoms with E-state index in [9.17, 15) is 4.79 Å². The third-order valence-electron chi connectivity index (χ3n) is 2.74. The number of benzene rings is 1. The summed E-state index contributed by atoms with van der Waals surface area (Å²) in [4.78, 5) is 11.8. The average Bonchev–Trinajstić information content (AvgIpc) is 2.31. The van der Waals surface area contributed by atoms with E-state index >= 15 is 0 Å². The van der Waals surface area contributed by atoms with Crippen molar-refractivity contribution in [3.05, 3.63) is 34.9 Å². The highest BCUT2D eigenvalue weighted by Crippen LogP contribution is 2.10. The maximum absolute atomic E-state index is 11.8. The van der Waals surface area contributed by atoms with E-state index in [1.54, 1.807) is 24.3 Å². The molecule has 1 amide bonds. The van der Waals surface area contributed by atoms with Crippen molar-refractivity contribution in [3.8, 4) is 0 Å². The van der Waals surface area contributed by atoms with Gasteiger partial charge in [0.2, 0.25) is 0 Å². The first-order valence-corrected chi connectivity index (χ1v) is 5.90. The summed E-state index contributed by atoms with van der Waals surface area (Å²) < 4.78 is 0. The Kier molecular flexibility index (Phi) is 3.80. The second-order valence-corrected chi connectivity index (χ2v) is 4.46. The van der Waals surface area contributed by atoms with Gasteiger partial charge in [-0.05, 0) is 43.7 Å². The van der Waals surface area contributed by atoms with Gasteiger partial charge in [-0.1, -0.05) is 11.6 Å². The van der Waals surface area contributed by atoms with Gasteiger partial charge < -0.3 is 10.6 Å². The molecule has 1 aliphatic heterocycles. The van der Waals surface area contributed by atoms with Gasteiger partial charge in [0.25, 0.3) is 5.91 Å². The molecule has 1 aliphatic rings. The second-order valence-electron chi connectivity index (χ2n) is 4.02. The Morgan fingerprint density at radius 1 is 1.38 bits per heavy atom. The normalized spacial score (nSPS) is 20.4. The van der Waals surface area contributed by atoms with Crippen LogP contribution in [0.1, 0.15) is 23.2 Å². The summed E-state index contributed by atoms with van der Waals surface area (Å²) in [5.74, 6) is -0.0228. The second kappa shape index (κ2) is 5.32. The maximum Gasteiger partial charge on any atom is 0.251 e. The first-order valence-electron chi connectivity index (χ1n) is 5.53. The van der Waals surface area contributed by atoms with Crippen molar-refractivity contribution in [2.45, 2.75) is 18.9 Å². The summed E-state index contributed by atoms with van der Waals surface area (Å²) in [5.41, 5.74) is 0.662. The number of carbonyl (C=O) groups excluding carboxylic acids is 1. The molecular formula is C12H15ClN2O. The Morgan fingerprint density at radius 3 is 2.75 bits per heavy atom. The lowest BCUT2D eigenvalue weighted by Crippen LogP contribution is -2.45. The molecule has 0 saturated carbocycles. The van der Waals surface area contributed by atoms with Crippen LogP contribution in [-0.2, 0) is 0 Å². The van der Waals surface area contributed by atoms with Gasteiger partial charge in [-0.25, -0.2) is 0 Å². The molecule has 16 heavy (non-hydrogen) atoms. The highest BCUT2D eigenvalue weighted by Gasteiger charge is 2.15. The molecule has 0 aliphatic carbocycles. The summed E-state index contributed by atoms with van der Waals surface area (Å²) >= 11 is 5.77. The quantitative estimate of drug-likeness (QED) is 0.825. The molecule has 1 saturated heterocycles. The molecule has 1 atom stereocenters. The fourth-order valence-corrected chi connectivity index (χ4v) is 1.97. The standard InChI is InChI=1S/C12H15ClN2O/c13-10-5-3-9(4-6-10)12(16)15-11-2-1-7-14-8-11/h3-6,11,14H,1-2,7-8H2,(H,15,16)/t11-/m0/s1. The van der Waals surface area contributed by atoms with E-state index in [4.69, 9.17) is 11.6 Å². The van der Waals surface area contributed by atoms with Crippen LogP contribution in [0.15, 0.2) is 24.3 Å². The van der Waals surface area contributed by atoms with Crippen LogP contribution in [0, 0.1) is 0 Å². The zero-order valence-electron chi connectivity index (χ0n) is 9.00. The summed E-state index contributed by atoms with van der Waals surface area (Å²) in [5, 5.41) is 6.92. The molecule has 1 fully saturated rings. The molecule has 1 heterocycles. The zero-order chi connectivity index (χ0) is 11.4. The fraction of sp³-hybridized carbons (Fsp3) is 0.417. The van der Waals surface area contributed by atoms with E-state index in [1.165, 1.54) is 0 Å². The van der Waals surface area contributed by atoms with Gasteiger partial charge >= 0.3 is 0 Å². The predicted molar refractivity (Wildman–Crippen MR) is 64.8 cm³/mol. The Balaban J connectivity index is 1.94. The minimum absolute atomic E-state index is 0.0228. The number of hydrogen-bond donors (Lipinski definition) is 2. The molecule has 0 aromatic heterocycles. The number of halogens is 1. The number of rotatable bonds is 2. The van der Waals surface area contributed by atoms with E-state index < -0.39 is 0 Å². The van der Waals surface area contributed by atoms with Crippen molar-refractivity contribution in [3.63, 3.8) is 0 Å². The highest BCUT2D eigenvalue weighted by molar-refractivity contribution is 6.30. The first kappa shape index (κ1) is 11.4. The monoisotopic (exact) mass is 238 g/mol. The van der Waals surface area contributed by atoms with Crippen molar-refractivity contribution in [2.75, 3.05) is 13.1 Å². The number of piperidine rings is 1. The molecule has 1 aromatic carbocycles. The molecular weight excluding hydrogens is 224 g/mol. The lowest BCUT2D eigenvalue weighted by atomic mass is 10.1. The molecule has 1 aromatic rings. The van der Waals surface area contributed by atoms with E-state index in [1.807, 2.05) is 0 Å². The molecule has 0 unspecified atom stereocenters. The lowest BCUT2D eigenvalue weighted by molar-refractivity contribution is 0.0930. The van der Waals surface area contributed by atoms with E-state index in [-0.39, 0.29) is 11.9 Å². The van der Waals surface area contributed by atoms with Crippen molar-refractivity contribution < 1.29 is 4.79 Å². The van der Waals surface area contributed by atoms with Gasteiger partial charge in [0.05, 0.1) is 0 Å². The number of amides is 1. The van der Waals surface area contributed by atoms with Gasteiger partial charge in [-0.15, -0.1) is 0 Å². The van der Waals surface area contributed by atoms with Crippen LogP contribution in [0.4, 0.5) is 0 Å². The molecule has 0 radical (unpaired) electrons. The minimum Gasteiger partial charge on any atom is -0.348 e. The average molecular weight is 239 g/mol. The molecule has 3 nitrogen and oxygen atoms in total. The number of carbonyl (C=O) groups is 1. The number of nitrogens with one attached hydrogen (secondary N) is 2. The SMILES string of the molecule is O=C(N[C@H]1CCCNC1)c1ccc(Cl)cc1. The first-order chi connectivity index (χ1) is 7.75. The van der Waals surface area contributed by atoms with Gasteiger partial charge in [-0.2, -0.15) is 0 Å². The van der Waals surface area contributed by atoms with Crippen LogP contribution in [0.3, 0.4) is 0 Å². The third kappa shape index (κ3) is 2.97. The maximum atomic E-state index is 11.8. The van der Waals surface area contributed by atoms with Crippen LogP contribution in [0.5, 0.6) is 0 Å². The van der Waals surface area contributed by atoms with Crippen molar-refractivity contribution >= 4 is 17.5 Å². The molecule has 86 valence electrons. The van der Waals surface area contributed by atoms with Gasteiger partial charge in [0.1, 0.15) is 0 Å². The third-order valence-corrected chi connectivity index (χ3v) is 2.99. The summed E-state index contributed by atoms with van der Waals surface area (Å²) in [6.45, 7) is 1.91. The summed E-state index contributed by atoms with van der Waals surface area (Å²) in [6.07, 6.45) is 2.16. The Bertz CT molecular complexity index is 358. The van der Waals surface area contributed by atoms with Crippen molar-refractivity contribution in [2.24, 2.45) is 0 Å². The molecule has 2 rings (SSSR count). The zero-order valence-corrected chi connectivity index (χ0v) is 9.76. The van der Waals surface area contributed by atoms with E-state index in [0.29, 0.717) is 10.6 Å². The van der Waals surface area contributed by atoms with Crippen LogP contribution in [0.25, 0.3) is 0 Å². The lowest BCUT2D eigenvalue weighted by Gasteiger charge is -2.23. The summed E-state index contributed by atoms with van der Waals surface area (Å²) in [7, 11) is 0. The topological polar surface area (TPSA) is 41.1 Å². The van der Waals surface area contributed by atoms with Crippen LogP contribution in [-0.4, -0.2) is 25.0 Å². The van der Waals surface area contributed by atoms with Crippen molar-refractivity contribution in [1.82, 2.24) is 10.6 Å². The number of hydrogen-bond acceptors (Lipinski definition) is 2. The van der Waals surface area contributed by atoms with Crippen LogP contribution in [0.2, 0.25) is 5.02 Å². The van der Waals surface area contributed by atoms with Gasteiger partial charge in [0.15, 0.2) is 0 Å². The Morgan fingerprint density at radius 2 is 2.12 bits per heavy atom. The van der Waals surface area contributed by atoms with Crippen LogP contribution >= 0.6 is 11.6 Å². The van der Waals surface area contributed by atoms with E-state index in [2.05, 4.69) is 10.6 Å². The molecule has 0 spiro atoms. The fourth-order valence-electron chi connectivity index (χ4n) is 1.85. The predicted octanol–water partition coefficient (Wildman–Crippen LogP) is 1.82. The van der Waals surface area contributed by atoms with E-state index in [0.717, 1.165) is 25.9 Å². The Hall–Kier alpha value is -1.06. The molecule has 2 N–H and O–H groups in total. The Labute approximate surface area is 100 Å². The highest BCUT2D eigenvalue weighted by atomic mass is 35.5. The smallest absolute Gasteiger partial charge is 0.251 e. The summed E-state index contributed by atoms with van der Waals surface area (Å²) in [6, 6.07) is 7.20. The minimum atomic E-state index is -0.0228. The largest absolute Gasteiger partial charge is 0.348 e. The van der Waals surface area contributed by atoms with Gasteiger partial charge in [-0.3, -0.25) is 4.79 Å². The molecule has 4 heteroatoms. The molecule has 0 bridgehead atoms.